The van der Waals surface area contributed by atoms with E-state index in [9.17, 15) is 5.11 Å². The molecule has 1 N–H and O–H groups in total. The fraction of sp³-hybridized carbons (Fsp3) is 0.250. The third-order valence-corrected chi connectivity index (χ3v) is 3.47. The first-order valence-electron chi connectivity index (χ1n) is 5.15. The van der Waals surface area contributed by atoms with Gasteiger partial charge in [-0.25, -0.2) is 0 Å². The van der Waals surface area contributed by atoms with Crippen LogP contribution >= 0.6 is 11.8 Å². The number of phenolic OH excluding ortho intramolecular Hbond substituents is 1. The largest absolute Gasteiger partial charge is 0.507 e. The molecule has 0 aliphatic carbocycles. The van der Waals surface area contributed by atoms with E-state index in [1.807, 2.05) is 36.0 Å². The lowest BCUT2D eigenvalue weighted by molar-refractivity contribution is 0.462. The van der Waals surface area contributed by atoms with E-state index in [2.05, 4.69) is 5.10 Å². The van der Waals surface area contributed by atoms with Crippen molar-refractivity contribution < 1.29 is 5.11 Å². The van der Waals surface area contributed by atoms with E-state index < -0.39 is 0 Å². The lowest BCUT2D eigenvalue weighted by Crippen LogP contribution is -1.99. The van der Waals surface area contributed by atoms with Crippen molar-refractivity contribution in [3.63, 3.8) is 0 Å². The van der Waals surface area contributed by atoms with Gasteiger partial charge < -0.3 is 5.11 Å². The van der Waals surface area contributed by atoms with Crippen LogP contribution in [0.5, 0.6) is 5.75 Å². The lowest BCUT2D eigenvalue weighted by atomic mass is 10.3. The summed E-state index contributed by atoms with van der Waals surface area (Å²) in [5, 5.41) is 13.7. The Bertz CT molecular complexity index is 468. The van der Waals surface area contributed by atoms with Crippen LogP contribution in [0.1, 0.15) is 5.69 Å². The summed E-state index contributed by atoms with van der Waals surface area (Å²) >= 11 is 1.66. The minimum absolute atomic E-state index is 0.359. The molecule has 1 heterocycles. The monoisotopic (exact) mass is 234 g/mol. The highest BCUT2D eigenvalue weighted by molar-refractivity contribution is 7.99. The summed E-state index contributed by atoms with van der Waals surface area (Å²) in [4.78, 5) is 0.935. The van der Waals surface area contributed by atoms with Crippen LogP contribution in [0.25, 0.3) is 0 Å². The van der Waals surface area contributed by atoms with Crippen molar-refractivity contribution in [1.29, 1.82) is 0 Å². The average Bonchev–Trinajstić information content (AvgIpc) is 2.67. The maximum atomic E-state index is 9.58. The summed E-state index contributed by atoms with van der Waals surface area (Å²) in [5.74, 6) is 1.30. The van der Waals surface area contributed by atoms with Crippen molar-refractivity contribution in [3.05, 3.63) is 42.2 Å². The van der Waals surface area contributed by atoms with E-state index in [1.165, 1.54) is 5.69 Å². The molecule has 0 spiro atoms. The topological polar surface area (TPSA) is 38.0 Å². The second-order valence-corrected chi connectivity index (χ2v) is 4.65. The summed E-state index contributed by atoms with van der Waals surface area (Å²) in [6.07, 6.45) is 2.76. The van der Waals surface area contributed by atoms with Gasteiger partial charge in [0.2, 0.25) is 0 Å². The van der Waals surface area contributed by atoms with Gasteiger partial charge in [0.25, 0.3) is 0 Å². The molecule has 1 aromatic heterocycles. The third-order valence-electron chi connectivity index (χ3n) is 2.40. The maximum Gasteiger partial charge on any atom is 0.129 e. The molecule has 0 amide bonds. The van der Waals surface area contributed by atoms with Crippen LogP contribution in [-0.4, -0.2) is 20.6 Å². The molecule has 0 unspecified atom stereocenters. The predicted octanol–water partition coefficient (Wildman–Crippen LogP) is 2.46. The highest BCUT2D eigenvalue weighted by atomic mass is 32.2. The molecule has 0 fully saturated rings. The van der Waals surface area contributed by atoms with Crippen molar-refractivity contribution in [3.8, 4) is 5.75 Å². The van der Waals surface area contributed by atoms with Crippen LogP contribution in [0.4, 0.5) is 0 Å². The zero-order valence-electron chi connectivity index (χ0n) is 9.13. The number of aryl methyl sites for hydroxylation is 2. The predicted molar refractivity (Wildman–Crippen MR) is 65.7 cm³/mol. The van der Waals surface area contributed by atoms with Crippen LogP contribution in [0.15, 0.2) is 41.4 Å². The van der Waals surface area contributed by atoms with Crippen molar-refractivity contribution in [2.75, 3.05) is 5.75 Å². The van der Waals surface area contributed by atoms with Gasteiger partial charge in [-0.05, 0) is 24.6 Å². The number of aromatic hydroxyl groups is 1. The maximum absolute atomic E-state index is 9.58. The number of thioether (sulfide) groups is 1. The quantitative estimate of drug-likeness (QED) is 0.826. The Labute approximate surface area is 99.1 Å². The molecule has 16 heavy (non-hydrogen) atoms. The molecule has 0 aliphatic rings. The molecule has 0 aliphatic heterocycles. The molecule has 0 bridgehead atoms. The third kappa shape index (κ3) is 2.58. The van der Waals surface area contributed by atoms with Crippen LogP contribution in [-0.2, 0) is 13.5 Å². The summed E-state index contributed by atoms with van der Waals surface area (Å²) in [6, 6.07) is 9.44. The molecule has 0 saturated heterocycles. The van der Waals surface area contributed by atoms with Gasteiger partial charge in [-0.2, -0.15) is 5.10 Å². The smallest absolute Gasteiger partial charge is 0.129 e. The molecule has 84 valence electrons. The minimum atomic E-state index is 0.359. The lowest BCUT2D eigenvalue weighted by Gasteiger charge is -2.04. The second-order valence-electron chi connectivity index (χ2n) is 3.51. The first kappa shape index (κ1) is 11.1. The number of aromatic nitrogens is 2. The van der Waals surface area contributed by atoms with E-state index in [0.29, 0.717) is 5.75 Å². The van der Waals surface area contributed by atoms with Crippen LogP contribution in [0, 0.1) is 0 Å². The molecule has 0 radical (unpaired) electrons. The highest BCUT2D eigenvalue weighted by Gasteiger charge is 2.02. The van der Waals surface area contributed by atoms with E-state index in [-0.39, 0.29) is 0 Å². The number of phenols is 1. The number of hydrogen-bond acceptors (Lipinski definition) is 3. The van der Waals surface area contributed by atoms with Crippen LogP contribution < -0.4 is 0 Å². The standard InChI is InChI=1S/C12H14N2OS/c1-14-10(6-8-13-14)7-9-16-12-5-3-2-4-11(12)15/h2-6,8,15H,7,9H2,1H3. The van der Waals surface area contributed by atoms with Crippen LogP contribution in [0.2, 0.25) is 0 Å². The molecule has 4 heteroatoms. The zero-order valence-corrected chi connectivity index (χ0v) is 9.94. The molecule has 3 nitrogen and oxygen atoms in total. The number of para-hydroxylation sites is 1. The molecule has 0 saturated carbocycles. The molecular formula is C12H14N2OS. The van der Waals surface area contributed by atoms with Crippen molar-refractivity contribution in [1.82, 2.24) is 9.78 Å². The van der Waals surface area contributed by atoms with E-state index in [1.54, 1.807) is 24.0 Å². The van der Waals surface area contributed by atoms with Crippen molar-refractivity contribution >= 4 is 11.8 Å². The van der Waals surface area contributed by atoms with E-state index in [4.69, 9.17) is 0 Å². The Balaban J connectivity index is 1.89. The molecular weight excluding hydrogens is 220 g/mol. The number of nitrogens with zero attached hydrogens (tertiary/aromatic N) is 2. The van der Waals surface area contributed by atoms with E-state index >= 15 is 0 Å². The van der Waals surface area contributed by atoms with Gasteiger partial charge in [-0.3, -0.25) is 4.68 Å². The summed E-state index contributed by atoms with van der Waals surface area (Å²) < 4.78 is 1.88. The number of rotatable bonds is 4. The summed E-state index contributed by atoms with van der Waals surface area (Å²) in [7, 11) is 1.94. The normalized spacial score (nSPS) is 10.6. The van der Waals surface area contributed by atoms with Crippen molar-refractivity contribution in [2.45, 2.75) is 11.3 Å². The van der Waals surface area contributed by atoms with Gasteiger partial charge in [0, 0.05) is 29.6 Å². The molecule has 2 rings (SSSR count). The highest BCUT2D eigenvalue weighted by Crippen LogP contribution is 2.27. The Morgan fingerprint density at radius 2 is 2.12 bits per heavy atom. The Morgan fingerprint density at radius 1 is 1.31 bits per heavy atom. The number of hydrogen-bond donors (Lipinski definition) is 1. The first-order valence-corrected chi connectivity index (χ1v) is 6.13. The van der Waals surface area contributed by atoms with Crippen LogP contribution in [0.3, 0.4) is 0 Å². The molecule has 1 aromatic carbocycles. The van der Waals surface area contributed by atoms with Crippen molar-refractivity contribution in [2.24, 2.45) is 7.05 Å². The Hall–Kier alpha value is -1.42. The summed E-state index contributed by atoms with van der Waals surface area (Å²) in [5.41, 5.74) is 1.21. The second kappa shape index (κ2) is 5.07. The van der Waals surface area contributed by atoms with Gasteiger partial charge >= 0.3 is 0 Å². The first-order chi connectivity index (χ1) is 7.77. The average molecular weight is 234 g/mol. The summed E-state index contributed by atoms with van der Waals surface area (Å²) in [6.45, 7) is 0. The molecule has 0 atom stereocenters. The molecule has 2 aromatic rings. The van der Waals surface area contributed by atoms with Gasteiger partial charge in [0.15, 0.2) is 0 Å². The van der Waals surface area contributed by atoms with Gasteiger partial charge in [-0.1, -0.05) is 12.1 Å². The van der Waals surface area contributed by atoms with Gasteiger partial charge in [0.1, 0.15) is 5.75 Å². The SMILES string of the molecule is Cn1nccc1CCSc1ccccc1O. The Morgan fingerprint density at radius 3 is 2.81 bits per heavy atom. The fourth-order valence-corrected chi connectivity index (χ4v) is 2.41. The minimum Gasteiger partial charge on any atom is -0.507 e. The van der Waals surface area contributed by atoms with Gasteiger partial charge in [-0.15, -0.1) is 11.8 Å². The fourth-order valence-electron chi connectivity index (χ4n) is 1.49. The van der Waals surface area contributed by atoms with Gasteiger partial charge in [0.05, 0.1) is 0 Å². The zero-order chi connectivity index (χ0) is 11.4. The number of benzene rings is 1. The Kier molecular flexibility index (Phi) is 3.51. The van der Waals surface area contributed by atoms with E-state index in [0.717, 1.165) is 17.1 Å².